The molecule has 0 bridgehead atoms. The third-order valence-corrected chi connectivity index (χ3v) is 9.32. The third-order valence-electron chi connectivity index (χ3n) is 9.32. The standard InChI is InChI=1S/C31H35F3N2O5.C12H15N/c1-5-39-28(37)27(41-26-16-10-22(11-17-26)30(2,3)4)20-21-6-14-25(15-7-21)40-19-18-35-29(38)36-24-12-8-23(9-13-24)31(32,33)34;1-2-4-10(5-3-1)7-13-8-11-6-12(11)9-13/h6-17,27H,5,18-20H2,1-4H3,(H2,35,36,38);1-5,11-12H,6-9H2. The van der Waals surface area contributed by atoms with Crippen molar-refractivity contribution in [2.75, 3.05) is 38.2 Å². The second kappa shape index (κ2) is 18.3. The Hall–Kier alpha value is -5.03. The Morgan fingerprint density at radius 1 is 0.796 bits per heavy atom. The van der Waals surface area contributed by atoms with Crippen molar-refractivity contribution >= 4 is 17.7 Å². The predicted octanol–water partition coefficient (Wildman–Crippen LogP) is 8.89. The first-order chi connectivity index (χ1) is 25.8. The second-order valence-corrected chi connectivity index (χ2v) is 14.7. The number of nitrogens with zero attached hydrogens (tertiary/aromatic N) is 1. The Kier molecular flexibility index (Phi) is 13.6. The van der Waals surface area contributed by atoms with Crippen LogP contribution in [0.3, 0.4) is 0 Å². The molecule has 3 unspecified atom stereocenters. The number of nitrogens with one attached hydrogen (secondary N) is 2. The minimum atomic E-state index is -4.44. The van der Waals surface area contributed by atoms with E-state index in [9.17, 15) is 22.8 Å². The molecular weight excluding hydrogens is 695 g/mol. The lowest BCUT2D eigenvalue weighted by Gasteiger charge is -2.21. The molecule has 0 aromatic heterocycles. The van der Waals surface area contributed by atoms with E-state index in [4.69, 9.17) is 14.2 Å². The van der Waals surface area contributed by atoms with E-state index in [1.165, 1.54) is 37.2 Å². The summed E-state index contributed by atoms with van der Waals surface area (Å²) in [4.78, 5) is 27.2. The van der Waals surface area contributed by atoms with Gasteiger partial charge in [-0.1, -0.05) is 75.4 Å². The fourth-order valence-electron chi connectivity index (χ4n) is 6.26. The predicted molar refractivity (Wildman–Crippen MR) is 204 cm³/mol. The van der Waals surface area contributed by atoms with Crippen LogP contribution in [0.4, 0.5) is 23.7 Å². The summed E-state index contributed by atoms with van der Waals surface area (Å²) < 4.78 is 54.8. The van der Waals surface area contributed by atoms with E-state index < -0.39 is 29.8 Å². The Morgan fingerprint density at radius 2 is 1.41 bits per heavy atom. The van der Waals surface area contributed by atoms with Crippen molar-refractivity contribution < 1.29 is 37.0 Å². The Morgan fingerprint density at radius 3 is 2.00 bits per heavy atom. The normalized spacial score (nSPS) is 16.9. The average molecular weight is 746 g/mol. The minimum absolute atomic E-state index is 0.000782. The van der Waals surface area contributed by atoms with E-state index in [0.29, 0.717) is 17.9 Å². The summed E-state index contributed by atoms with van der Waals surface area (Å²) in [6.45, 7) is 12.5. The number of hydrogen-bond donors (Lipinski definition) is 2. The Bertz CT molecular complexity index is 1770. The molecule has 2 amide bonds. The first-order valence-electron chi connectivity index (χ1n) is 18.4. The van der Waals surface area contributed by atoms with Gasteiger partial charge in [-0.25, -0.2) is 9.59 Å². The monoisotopic (exact) mass is 745 g/mol. The molecule has 1 saturated carbocycles. The van der Waals surface area contributed by atoms with Crippen LogP contribution >= 0.6 is 0 Å². The quantitative estimate of drug-likeness (QED) is 0.105. The summed E-state index contributed by atoms with van der Waals surface area (Å²) in [6.07, 6.45) is -3.46. The molecule has 3 atom stereocenters. The lowest BCUT2D eigenvalue weighted by atomic mass is 9.87. The number of urea groups is 1. The van der Waals surface area contributed by atoms with E-state index in [1.807, 2.05) is 36.4 Å². The van der Waals surface area contributed by atoms with E-state index in [-0.39, 0.29) is 30.9 Å². The number of halogens is 3. The zero-order valence-electron chi connectivity index (χ0n) is 31.3. The molecule has 2 fully saturated rings. The number of esters is 1. The molecule has 54 heavy (non-hydrogen) atoms. The minimum Gasteiger partial charge on any atom is -0.492 e. The zero-order valence-corrected chi connectivity index (χ0v) is 31.3. The van der Waals surface area contributed by atoms with E-state index >= 15 is 0 Å². The SMILES string of the molecule is CCOC(=O)C(Cc1ccc(OCCNC(=O)Nc2ccc(C(F)(F)F)cc2)cc1)Oc1ccc(C(C)(C)C)cc1.c1ccc(CN2CC3CC3C2)cc1. The van der Waals surface area contributed by atoms with Crippen LogP contribution in [0.1, 0.15) is 56.4 Å². The van der Waals surface area contributed by atoms with Gasteiger partial charge in [0.2, 0.25) is 0 Å². The molecule has 1 heterocycles. The molecule has 0 spiro atoms. The lowest BCUT2D eigenvalue weighted by Crippen LogP contribution is -2.32. The number of amides is 2. The van der Waals surface area contributed by atoms with Gasteiger partial charge in [-0.2, -0.15) is 13.2 Å². The highest BCUT2D eigenvalue weighted by Gasteiger charge is 2.44. The zero-order chi connectivity index (χ0) is 38.7. The molecular formula is C43H50F3N3O5. The maximum atomic E-state index is 12.6. The highest BCUT2D eigenvalue weighted by Crippen LogP contribution is 2.45. The van der Waals surface area contributed by atoms with Crippen LogP contribution in [-0.2, 0) is 34.1 Å². The maximum absolute atomic E-state index is 12.6. The average Bonchev–Trinajstić information content (AvgIpc) is 3.75. The molecule has 288 valence electrons. The molecule has 1 aliphatic carbocycles. The van der Waals surface area contributed by atoms with Gasteiger partial charge in [0.05, 0.1) is 18.7 Å². The topological polar surface area (TPSA) is 89.1 Å². The summed E-state index contributed by atoms with van der Waals surface area (Å²) in [7, 11) is 0. The van der Waals surface area contributed by atoms with Crippen LogP contribution in [-0.4, -0.2) is 55.9 Å². The third kappa shape index (κ3) is 12.5. The molecule has 6 rings (SSSR count). The van der Waals surface area contributed by atoms with Crippen molar-refractivity contribution in [1.29, 1.82) is 0 Å². The number of likely N-dealkylation sites (tertiary alicyclic amines) is 1. The van der Waals surface area contributed by atoms with Crippen LogP contribution in [0.25, 0.3) is 0 Å². The summed E-state index contributed by atoms with van der Waals surface area (Å²) >= 11 is 0. The van der Waals surface area contributed by atoms with Gasteiger partial charge in [0.1, 0.15) is 18.1 Å². The number of fused-ring (bicyclic) bond motifs is 1. The summed E-state index contributed by atoms with van der Waals surface area (Å²) in [6, 6.07) is 29.2. The van der Waals surface area contributed by atoms with Crippen molar-refractivity contribution in [3.63, 3.8) is 0 Å². The fourth-order valence-corrected chi connectivity index (χ4v) is 6.26. The van der Waals surface area contributed by atoms with Crippen LogP contribution in [0, 0.1) is 11.8 Å². The van der Waals surface area contributed by atoms with Crippen molar-refractivity contribution in [1.82, 2.24) is 10.2 Å². The molecule has 2 aliphatic rings. The number of anilines is 1. The van der Waals surface area contributed by atoms with Crippen molar-refractivity contribution in [3.8, 4) is 11.5 Å². The summed E-state index contributed by atoms with van der Waals surface area (Å²) in [5.74, 6) is 2.80. The van der Waals surface area contributed by atoms with Gasteiger partial charge in [-0.3, -0.25) is 4.90 Å². The highest BCUT2D eigenvalue weighted by molar-refractivity contribution is 5.89. The van der Waals surface area contributed by atoms with Crippen LogP contribution in [0.5, 0.6) is 11.5 Å². The van der Waals surface area contributed by atoms with Gasteiger partial charge in [0.15, 0.2) is 6.10 Å². The molecule has 4 aromatic carbocycles. The van der Waals surface area contributed by atoms with Gasteiger partial charge < -0.3 is 24.8 Å². The largest absolute Gasteiger partial charge is 0.492 e. The number of benzene rings is 4. The van der Waals surface area contributed by atoms with Gasteiger partial charge in [0, 0.05) is 31.7 Å². The smallest absolute Gasteiger partial charge is 0.416 e. The van der Waals surface area contributed by atoms with E-state index in [2.05, 4.69) is 66.6 Å². The van der Waals surface area contributed by atoms with Gasteiger partial charge in [-0.15, -0.1) is 0 Å². The number of carbonyl (C=O) groups excluding carboxylic acids is 2. The molecule has 1 saturated heterocycles. The van der Waals surface area contributed by atoms with Crippen molar-refractivity contribution in [2.24, 2.45) is 11.8 Å². The first kappa shape index (κ1) is 40.2. The summed E-state index contributed by atoms with van der Waals surface area (Å²) in [5, 5.41) is 5.04. The van der Waals surface area contributed by atoms with E-state index in [0.717, 1.165) is 41.6 Å². The Balaban J connectivity index is 0.000000355. The van der Waals surface area contributed by atoms with Gasteiger partial charge in [-0.05, 0) is 95.8 Å². The number of ether oxygens (including phenoxy) is 3. The van der Waals surface area contributed by atoms with Crippen LogP contribution < -0.4 is 20.1 Å². The molecule has 2 N–H and O–H groups in total. The fraction of sp³-hybridized carbons (Fsp3) is 0.395. The highest BCUT2D eigenvalue weighted by atomic mass is 19.4. The number of rotatable bonds is 13. The van der Waals surface area contributed by atoms with Crippen LogP contribution in [0.2, 0.25) is 0 Å². The van der Waals surface area contributed by atoms with Crippen molar-refractivity contribution in [2.45, 2.75) is 64.8 Å². The molecule has 0 radical (unpaired) electrons. The molecule has 11 heteroatoms. The number of alkyl halides is 3. The van der Waals surface area contributed by atoms with Crippen molar-refractivity contribution in [3.05, 3.63) is 125 Å². The Labute approximate surface area is 316 Å². The maximum Gasteiger partial charge on any atom is 0.416 e. The number of hydrogen-bond acceptors (Lipinski definition) is 6. The lowest BCUT2D eigenvalue weighted by molar-refractivity contribution is -0.151. The van der Waals surface area contributed by atoms with Gasteiger partial charge >= 0.3 is 18.2 Å². The molecule has 8 nitrogen and oxygen atoms in total. The van der Waals surface area contributed by atoms with Gasteiger partial charge in [0.25, 0.3) is 0 Å². The number of carbonyl (C=O) groups is 2. The summed E-state index contributed by atoms with van der Waals surface area (Å²) in [5.41, 5.74) is 2.90. The number of piperidine rings is 1. The van der Waals surface area contributed by atoms with E-state index in [1.54, 1.807) is 19.1 Å². The van der Waals surface area contributed by atoms with Crippen LogP contribution in [0.15, 0.2) is 103 Å². The second-order valence-electron chi connectivity index (χ2n) is 14.7. The first-order valence-corrected chi connectivity index (χ1v) is 18.4. The molecule has 4 aromatic rings. The molecule has 1 aliphatic heterocycles.